The van der Waals surface area contributed by atoms with Gasteiger partial charge in [0, 0.05) is 5.56 Å². The highest BCUT2D eigenvalue weighted by Gasteiger charge is 2.17. The van der Waals surface area contributed by atoms with Crippen molar-refractivity contribution in [1.29, 1.82) is 5.26 Å². The van der Waals surface area contributed by atoms with E-state index in [0.29, 0.717) is 0 Å². The largest absolute Gasteiger partial charge is 0.380 e. The van der Waals surface area contributed by atoms with Crippen LogP contribution in [0.15, 0.2) is 61.1 Å². The van der Waals surface area contributed by atoms with Crippen molar-refractivity contribution < 1.29 is 12.6 Å². The summed E-state index contributed by atoms with van der Waals surface area (Å²) in [5.74, 6) is 0.122. The van der Waals surface area contributed by atoms with E-state index in [-0.39, 0.29) is 28.5 Å². The number of para-hydroxylation sites is 3. The van der Waals surface area contributed by atoms with Gasteiger partial charge in [-0.3, -0.25) is 5.43 Å². The summed E-state index contributed by atoms with van der Waals surface area (Å²) in [4.78, 5) is 12.8. The van der Waals surface area contributed by atoms with Crippen LogP contribution in [0.25, 0.3) is 22.3 Å². The fourth-order valence-electron chi connectivity index (χ4n) is 2.74. The first-order valence-corrected chi connectivity index (χ1v) is 9.69. The van der Waals surface area contributed by atoms with Crippen molar-refractivity contribution in [3.05, 3.63) is 66.6 Å². The van der Waals surface area contributed by atoms with Crippen LogP contribution in [0.2, 0.25) is 0 Å². The molecule has 0 amide bonds. The van der Waals surface area contributed by atoms with Crippen LogP contribution in [0.5, 0.6) is 5.75 Å². The van der Waals surface area contributed by atoms with E-state index in [1.807, 2.05) is 30.3 Å². The lowest BCUT2D eigenvalue weighted by molar-refractivity contribution is 0.488. The monoisotopic (exact) mass is 407 g/mol. The van der Waals surface area contributed by atoms with Crippen LogP contribution >= 0.6 is 0 Å². The van der Waals surface area contributed by atoms with Crippen LogP contribution in [0.4, 0.5) is 5.95 Å². The van der Waals surface area contributed by atoms with Gasteiger partial charge in [-0.2, -0.15) is 18.8 Å². The molecule has 0 radical (unpaired) electrons. The minimum Gasteiger partial charge on any atom is -0.370 e. The van der Waals surface area contributed by atoms with Crippen molar-refractivity contribution in [3.8, 4) is 23.1 Å². The molecule has 0 atom stereocenters. The minimum atomic E-state index is -4.26. The third-order valence-electron chi connectivity index (χ3n) is 3.93. The van der Waals surface area contributed by atoms with E-state index in [4.69, 9.17) is 9.32 Å². The summed E-state index contributed by atoms with van der Waals surface area (Å²) in [5.41, 5.74) is 5.18. The standard InChI is InChI=1S/C18H13N7O3S/c19-9-12-10-21-18(24-25-11-22-14-6-2-3-7-15(14)25)23-17(12)13-5-1-4-8-16(13)28-29(20,26)27/h1-8,10-11H,(H2,20,26,27)(H,21,23,24). The van der Waals surface area contributed by atoms with Gasteiger partial charge in [-0.1, -0.05) is 24.3 Å². The smallest absolute Gasteiger partial charge is 0.370 e. The van der Waals surface area contributed by atoms with E-state index in [0.717, 1.165) is 11.0 Å². The number of fused-ring (bicyclic) bond motifs is 1. The summed E-state index contributed by atoms with van der Waals surface area (Å²) in [6.45, 7) is 0. The maximum absolute atomic E-state index is 11.4. The molecule has 0 fully saturated rings. The molecule has 4 rings (SSSR count). The van der Waals surface area contributed by atoms with E-state index in [9.17, 15) is 13.7 Å². The number of imidazole rings is 1. The molecule has 2 heterocycles. The Balaban J connectivity index is 1.79. The van der Waals surface area contributed by atoms with Gasteiger partial charge in [0.2, 0.25) is 5.95 Å². The fourth-order valence-corrected chi connectivity index (χ4v) is 3.13. The van der Waals surface area contributed by atoms with Gasteiger partial charge >= 0.3 is 10.3 Å². The first-order chi connectivity index (χ1) is 13.9. The van der Waals surface area contributed by atoms with Gasteiger partial charge in [-0.25, -0.2) is 19.6 Å². The number of nitrogens with zero attached hydrogens (tertiary/aromatic N) is 5. The molecule has 0 saturated heterocycles. The van der Waals surface area contributed by atoms with Gasteiger partial charge in [-0.05, 0) is 24.3 Å². The molecule has 11 heteroatoms. The third kappa shape index (κ3) is 3.84. The normalized spacial score (nSPS) is 11.2. The van der Waals surface area contributed by atoms with Gasteiger partial charge in [0.1, 0.15) is 12.4 Å². The molecule has 2 aromatic heterocycles. The first-order valence-electron chi connectivity index (χ1n) is 8.22. The first kappa shape index (κ1) is 18.4. The van der Waals surface area contributed by atoms with E-state index in [1.165, 1.54) is 12.3 Å². The Hall–Kier alpha value is -4.01. The molecule has 29 heavy (non-hydrogen) atoms. The topological polar surface area (TPSA) is 149 Å². The second-order valence-corrected chi connectivity index (χ2v) is 7.01. The summed E-state index contributed by atoms with van der Waals surface area (Å²) >= 11 is 0. The molecule has 0 unspecified atom stereocenters. The average Bonchev–Trinajstić information content (AvgIpc) is 3.10. The Morgan fingerprint density at radius 2 is 1.86 bits per heavy atom. The highest BCUT2D eigenvalue weighted by atomic mass is 32.2. The molecular weight excluding hydrogens is 394 g/mol. The molecule has 10 nitrogen and oxygen atoms in total. The molecule has 144 valence electrons. The minimum absolute atomic E-state index is 0.0516. The number of hydrogen-bond donors (Lipinski definition) is 2. The molecule has 0 saturated carbocycles. The third-order valence-corrected chi connectivity index (χ3v) is 4.34. The van der Waals surface area contributed by atoms with Crippen LogP contribution in [0, 0.1) is 11.3 Å². The average molecular weight is 407 g/mol. The highest BCUT2D eigenvalue weighted by Crippen LogP contribution is 2.31. The number of nitrogens with two attached hydrogens (primary N) is 1. The summed E-state index contributed by atoms with van der Waals surface area (Å²) < 4.78 is 29.2. The second-order valence-electron chi connectivity index (χ2n) is 5.86. The van der Waals surface area contributed by atoms with Crippen molar-refractivity contribution in [2.45, 2.75) is 0 Å². The number of nitrogens with one attached hydrogen (secondary N) is 1. The second kappa shape index (κ2) is 7.19. The van der Waals surface area contributed by atoms with Gasteiger partial charge < -0.3 is 4.18 Å². The van der Waals surface area contributed by atoms with Crippen LogP contribution < -0.4 is 14.7 Å². The van der Waals surface area contributed by atoms with Crippen molar-refractivity contribution in [1.82, 2.24) is 19.6 Å². The molecule has 4 aromatic rings. The van der Waals surface area contributed by atoms with Gasteiger partial charge in [-0.15, -0.1) is 0 Å². The lowest BCUT2D eigenvalue weighted by atomic mass is 10.1. The number of rotatable bonds is 5. The molecule has 3 N–H and O–H groups in total. The Morgan fingerprint density at radius 3 is 2.66 bits per heavy atom. The summed E-state index contributed by atoms with van der Waals surface area (Å²) in [6, 6.07) is 15.7. The Labute approximate surface area is 165 Å². The molecule has 2 aromatic carbocycles. The predicted octanol–water partition coefficient (Wildman–Crippen LogP) is 1.82. The summed E-state index contributed by atoms with van der Waals surface area (Å²) in [7, 11) is -4.26. The number of nitriles is 1. The number of aromatic nitrogens is 4. The number of benzene rings is 2. The van der Waals surface area contributed by atoms with E-state index in [1.54, 1.807) is 29.2 Å². The van der Waals surface area contributed by atoms with E-state index < -0.39 is 10.3 Å². The Kier molecular flexibility index (Phi) is 4.55. The zero-order valence-electron chi connectivity index (χ0n) is 14.7. The maximum atomic E-state index is 11.4. The maximum Gasteiger partial charge on any atom is 0.380 e. The Morgan fingerprint density at radius 1 is 1.10 bits per heavy atom. The quantitative estimate of drug-likeness (QED) is 0.509. The van der Waals surface area contributed by atoms with E-state index >= 15 is 0 Å². The summed E-state index contributed by atoms with van der Waals surface area (Å²) in [5, 5.41) is 14.4. The fraction of sp³-hybridized carbons (Fsp3) is 0. The molecule has 0 bridgehead atoms. The number of hydrogen-bond acceptors (Lipinski definition) is 8. The molecule has 0 aliphatic carbocycles. The van der Waals surface area contributed by atoms with Crippen molar-refractivity contribution in [2.75, 3.05) is 5.43 Å². The van der Waals surface area contributed by atoms with Crippen LogP contribution in [0.3, 0.4) is 0 Å². The van der Waals surface area contributed by atoms with Crippen molar-refractivity contribution in [3.63, 3.8) is 0 Å². The van der Waals surface area contributed by atoms with Gasteiger partial charge in [0.25, 0.3) is 0 Å². The molecular formula is C18H13N7O3S. The van der Waals surface area contributed by atoms with Crippen molar-refractivity contribution in [2.24, 2.45) is 5.14 Å². The van der Waals surface area contributed by atoms with Crippen LogP contribution in [-0.2, 0) is 10.3 Å². The zero-order chi connectivity index (χ0) is 20.4. The molecule has 0 spiro atoms. The molecule has 0 aliphatic heterocycles. The van der Waals surface area contributed by atoms with E-state index in [2.05, 4.69) is 20.4 Å². The highest BCUT2D eigenvalue weighted by molar-refractivity contribution is 7.84. The molecule has 0 aliphatic rings. The summed E-state index contributed by atoms with van der Waals surface area (Å²) in [6.07, 6.45) is 2.90. The zero-order valence-corrected chi connectivity index (χ0v) is 15.5. The lowest BCUT2D eigenvalue weighted by Gasteiger charge is -2.12. The van der Waals surface area contributed by atoms with Gasteiger partial charge in [0.05, 0.1) is 28.5 Å². The number of anilines is 1. The predicted molar refractivity (Wildman–Crippen MR) is 105 cm³/mol. The SMILES string of the molecule is N#Cc1cnc(Nn2cnc3ccccc32)nc1-c1ccccc1OS(N)(=O)=O. The van der Waals surface area contributed by atoms with Crippen molar-refractivity contribution >= 4 is 27.3 Å². The van der Waals surface area contributed by atoms with Crippen LogP contribution in [-0.4, -0.2) is 28.0 Å². The van der Waals surface area contributed by atoms with Gasteiger partial charge in [0.15, 0.2) is 5.75 Å². The van der Waals surface area contributed by atoms with Crippen LogP contribution in [0.1, 0.15) is 5.56 Å². The lowest BCUT2D eigenvalue weighted by Crippen LogP contribution is -2.19. The Bertz CT molecular complexity index is 1360.